The molecule has 0 saturated heterocycles. The average molecular weight is 287 g/mol. The van der Waals surface area contributed by atoms with Gasteiger partial charge < -0.3 is 16.2 Å². The third-order valence-electron chi connectivity index (χ3n) is 2.80. The van der Waals surface area contributed by atoms with Crippen molar-refractivity contribution >= 4 is 23.0 Å². The maximum atomic E-state index is 11.9. The normalized spacial score (nSPS) is 10.1. The number of benzene rings is 2. The first-order valence-electron chi connectivity index (χ1n) is 6.08. The maximum absolute atomic E-state index is 11.9. The van der Waals surface area contributed by atoms with Gasteiger partial charge in [0.2, 0.25) is 5.91 Å². The lowest BCUT2D eigenvalue weighted by Gasteiger charge is -2.08. The molecule has 0 unspecified atom stereocenters. The zero-order valence-electron chi connectivity index (χ0n) is 10.9. The summed E-state index contributed by atoms with van der Waals surface area (Å²) in [5.41, 5.74) is 6.23. The van der Waals surface area contributed by atoms with Gasteiger partial charge in [-0.1, -0.05) is 18.2 Å². The maximum Gasteiger partial charge on any atom is 0.296 e. The number of carbonyl (C=O) groups is 1. The Labute approximate surface area is 120 Å². The second-order valence-electron chi connectivity index (χ2n) is 4.40. The molecule has 0 aliphatic rings. The van der Waals surface area contributed by atoms with Gasteiger partial charge >= 0.3 is 0 Å². The van der Waals surface area contributed by atoms with Crippen LogP contribution in [0.1, 0.15) is 5.56 Å². The van der Waals surface area contributed by atoms with Crippen LogP contribution in [0.2, 0.25) is 0 Å². The standard InChI is InChI=1S/C14H13N3O4/c15-10-4-1-3-9(7-10)8-13(19)16-14-11(17(20)21)5-2-6-12(14)18/h1-7,18H,8,15H2,(H,16,19). The average Bonchev–Trinajstić information content (AvgIpc) is 2.40. The number of anilines is 2. The lowest BCUT2D eigenvalue weighted by atomic mass is 10.1. The number of aromatic hydroxyl groups is 1. The van der Waals surface area contributed by atoms with Crippen molar-refractivity contribution in [1.82, 2.24) is 0 Å². The first-order valence-corrected chi connectivity index (χ1v) is 6.08. The monoisotopic (exact) mass is 287 g/mol. The van der Waals surface area contributed by atoms with E-state index in [9.17, 15) is 20.0 Å². The number of para-hydroxylation sites is 1. The molecule has 7 nitrogen and oxygen atoms in total. The molecule has 0 heterocycles. The number of nitrogens with two attached hydrogens (primary N) is 1. The van der Waals surface area contributed by atoms with E-state index in [2.05, 4.69) is 5.32 Å². The zero-order valence-corrected chi connectivity index (χ0v) is 10.9. The van der Waals surface area contributed by atoms with Crippen molar-refractivity contribution in [3.8, 4) is 5.75 Å². The lowest BCUT2D eigenvalue weighted by molar-refractivity contribution is -0.384. The highest BCUT2D eigenvalue weighted by atomic mass is 16.6. The summed E-state index contributed by atoms with van der Waals surface area (Å²) < 4.78 is 0. The molecule has 0 fully saturated rings. The second kappa shape index (κ2) is 5.91. The van der Waals surface area contributed by atoms with Crippen LogP contribution in [0.4, 0.5) is 17.1 Å². The molecule has 0 aliphatic carbocycles. The number of nitrogens with zero attached hydrogens (tertiary/aromatic N) is 1. The molecular weight excluding hydrogens is 274 g/mol. The summed E-state index contributed by atoms with van der Waals surface area (Å²) in [5.74, 6) is -0.838. The number of nitro groups is 1. The van der Waals surface area contributed by atoms with Crippen LogP contribution in [0.15, 0.2) is 42.5 Å². The van der Waals surface area contributed by atoms with E-state index in [4.69, 9.17) is 5.73 Å². The van der Waals surface area contributed by atoms with Gasteiger partial charge in [-0.25, -0.2) is 0 Å². The Bertz CT molecular complexity index is 700. The number of phenolic OH excluding ortho intramolecular Hbond substituents is 1. The molecule has 0 spiro atoms. The minimum Gasteiger partial charge on any atom is -0.505 e. The molecule has 2 rings (SSSR count). The van der Waals surface area contributed by atoms with Crippen molar-refractivity contribution < 1.29 is 14.8 Å². The molecule has 0 aliphatic heterocycles. The van der Waals surface area contributed by atoms with E-state index in [0.717, 1.165) is 0 Å². The van der Waals surface area contributed by atoms with E-state index in [0.29, 0.717) is 11.3 Å². The van der Waals surface area contributed by atoms with Crippen LogP contribution in [0, 0.1) is 10.1 Å². The van der Waals surface area contributed by atoms with E-state index in [1.807, 2.05) is 0 Å². The summed E-state index contributed by atoms with van der Waals surface area (Å²) in [6.07, 6.45) is -0.00344. The minimum absolute atomic E-state index is 0.00344. The van der Waals surface area contributed by atoms with Gasteiger partial charge in [-0.15, -0.1) is 0 Å². The molecule has 0 radical (unpaired) electrons. The van der Waals surface area contributed by atoms with Crippen LogP contribution in [0.3, 0.4) is 0 Å². The van der Waals surface area contributed by atoms with Crippen LogP contribution < -0.4 is 11.1 Å². The Morgan fingerprint density at radius 1 is 1.29 bits per heavy atom. The highest BCUT2D eigenvalue weighted by molar-refractivity contribution is 5.96. The van der Waals surface area contributed by atoms with Crippen LogP contribution >= 0.6 is 0 Å². The van der Waals surface area contributed by atoms with E-state index in [1.165, 1.54) is 18.2 Å². The second-order valence-corrected chi connectivity index (χ2v) is 4.40. The Morgan fingerprint density at radius 3 is 2.67 bits per heavy atom. The van der Waals surface area contributed by atoms with Gasteiger partial charge in [0, 0.05) is 11.8 Å². The van der Waals surface area contributed by atoms with E-state index in [-0.39, 0.29) is 23.5 Å². The Kier molecular flexibility index (Phi) is 4.03. The van der Waals surface area contributed by atoms with Crippen LogP contribution in [0.5, 0.6) is 5.75 Å². The predicted molar refractivity (Wildman–Crippen MR) is 77.9 cm³/mol. The fraction of sp³-hybridized carbons (Fsp3) is 0.0714. The molecule has 0 bridgehead atoms. The van der Waals surface area contributed by atoms with Crippen molar-refractivity contribution in [2.75, 3.05) is 11.1 Å². The highest BCUT2D eigenvalue weighted by Gasteiger charge is 2.19. The third-order valence-corrected chi connectivity index (χ3v) is 2.80. The molecule has 108 valence electrons. The molecular formula is C14H13N3O4. The van der Waals surface area contributed by atoms with Gasteiger partial charge in [0.05, 0.1) is 11.3 Å². The van der Waals surface area contributed by atoms with Crippen molar-refractivity contribution in [2.24, 2.45) is 0 Å². The number of rotatable bonds is 4. The Hall–Kier alpha value is -3.09. The largest absolute Gasteiger partial charge is 0.505 e. The summed E-state index contributed by atoms with van der Waals surface area (Å²) in [6.45, 7) is 0. The first kappa shape index (κ1) is 14.3. The molecule has 0 aromatic heterocycles. The number of nitrogens with one attached hydrogen (secondary N) is 1. The van der Waals surface area contributed by atoms with Gasteiger partial charge in [0.25, 0.3) is 5.69 Å². The quantitative estimate of drug-likeness (QED) is 0.344. The number of phenols is 1. The number of amides is 1. The summed E-state index contributed by atoms with van der Waals surface area (Å²) in [4.78, 5) is 22.1. The zero-order chi connectivity index (χ0) is 15.4. The SMILES string of the molecule is Nc1cccc(CC(=O)Nc2c(O)cccc2[N+](=O)[O-])c1. The molecule has 0 atom stereocenters. The number of hydrogen-bond acceptors (Lipinski definition) is 5. The molecule has 7 heteroatoms. The van der Waals surface area contributed by atoms with E-state index in [1.54, 1.807) is 24.3 Å². The van der Waals surface area contributed by atoms with E-state index >= 15 is 0 Å². The topological polar surface area (TPSA) is 118 Å². The van der Waals surface area contributed by atoms with Crippen LogP contribution in [0.25, 0.3) is 0 Å². The third kappa shape index (κ3) is 3.47. The van der Waals surface area contributed by atoms with Gasteiger partial charge in [-0.2, -0.15) is 0 Å². The van der Waals surface area contributed by atoms with Gasteiger partial charge in [0.15, 0.2) is 5.69 Å². The Balaban J connectivity index is 2.18. The fourth-order valence-electron chi connectivity index (χ4n) is 1.88. The summed E-state index contributed by atoms with van der Waals surface area (Å²) in [6, 6.07) is 10.6. The first-order chi connectivity index (χ1) is 9.97. The predicted octanol–water partition coefficient (Wildman–Crippen LogP) is 2.06. The Morgan fingerprint density at radius 2 is 2.00 bits per heavy atom. The smallest absolute Gasteiger partial charge is 0.296 e. The summed E-state index contributed by atoms with van der Waals surface area (Å²) in [5, 5.41) is 22.9. The summed E-state index contributed by atoms with van der Waals surface area (Å²) in [7, 11) is 0. The van der Waals surface area contributed by atoms with Crippen LogP contribution in [-0.4, -0.2) is 15.9 Å². The number of carbonyl (C=O) groups excluding carboxylic acids is 1. The van der Waals surface area contributed by atoms with Gasteiger partial charge in [-0.05, 0) is 23.8 Å². The van der Waals surface area contributed by atoms with Crippen LogP contribution in [-0.2, 0) is 11.2 Å². The highest BCUT2D eigenvalue weighted by Crippen LogP contribution is 2.33. The molecule has 0 saturated carbocycles. The number of hydrogen-bond donors (Lipinski definition) is 3. The van der Waals surface area contributed by atoms with Crippen molar-refractivity contribution in [3.05, 3.63) is 58.1 Å². The number of nitrogen functional groups attached to an aromatic ring is 1. The molecule has 2 aromatic rings. The van der Waals surface area contributed by atoms with Gasteiger partial charge in [0.1, 0.15) is 5.75 Å². The molecule has 2 aromatic carbocycles. The minimum atomic E-state index is -0.671. The fourth-order valence-corrected chi connectivity index (χ4v) is 1.88. The van der Waals surface area contributed by atoms with Gasteiger partial charge in [-0.3, -0.25) is 14.9 Å². The lowest BCUT2D eigenvalue weighted by Crippen LogP contribution is -2.15. The van der Waals surface area contributed by atoms with E-state index < -0.39 is 10.8 Å². The molecule has 4 N–H and O–H groups in total. The van der Waals surface area contributed by atoms with Crippen molar-refractivity contribution in [1.29, 1.82) is 0 Å². The summed E-state index contributed by atoms with van der Waals surface area (Å²) >= 11 is 0. The van der Waals surface area contributed by atoms with Crippen molar-refractivity contribution in [2.45, 2.75) is 6.42 Å². The molecule has 21 heavy (non-hydrogen) atoms. The molecule has 1 amide bonds. The number of nitro benzene ring substituents is 1. The van der Waals surface area contributed by atoms with Crippen molar-refractivity contribution in [3.63, 3.8) is 0 Å².